The Bertz CT molecular complexity index is 883. The number of carbonyl (C=O) groups excluding carboxylic acids is 1. The number of benzene rings is 3. The van der Waals surface area contributed by atoms with Crippen LogP contribution >= 0.6 is 18.6 Å². The minimum absolute atomic E-state index is 0.315. The predicted octanol–water partition coefficient (Wildman–Crippen LogP) is 4.85. The van der Waals surface area contributed by atoms with Crippen LogP contribution in [-0.2, 0) is 9.32 Å². The molecule has 2 N–H and O–H groups in total. The first-order chi connectivity index (χ1) is 15.6. The monoisotopic (exact) mass is 467 g/mol. The summed E-state index contributed by atoms with van der Waals surface area (Å²) in [6, 6.07) is 30.3. The predicted molar refractivity (Wildman–Crippen MR) is 142 cm³/mol. The standard InChI is InChI=1S/C27H34NO2PS/c1-3-4-21-31(23-14-8-5-9-15-23,24-16-10-6-11-17-24,25-18-12-7-13-19-25)30-27(29)26(28)20-22-32-2/h5-19,26H,3-4,20-22,28H2,1-2H3/t26-/m0/s1. The second-order valence-corrected chi connectivity index (χ2v) is 13.7. The normalized spacial score (nSPS) is 13.7. The molecule has 0 spiro atoms. The molecular formula is C27H34NO2PS. The van der Waals surface area contributed by atoms with E-state index in [1.54, 1.807) is 11.8 Å². The molecule has 3 aromatic rings. The minimum atomic E-state index is -3.62. The molecule has 0 heterocycles. The zero-order valence-electron chi connectivity index (χ0n) is 19.0. The molecule has 0 aromatic heterocycles. The van der Waals surface area contributed by atoms with Gasteiger partial charge in [0.05, 0.1) is 0 Å². The Morgan fingerprint density at radius 1 is 0.875 bits per heavy atom. The summed E-state index contributed by atoms with van der Waals surface area (Å²) in [5.41, 5.74) is 6.37. The van der Waals surface area contributed by atoms with E-state index in [1.807, 2.05) is 60.9 Å². The number of nitrogens with two attached hydrogens (primary N) is 1. The molecule has 1 atom stereocenters. The Balaban J connectivity index is 2.36. The van der Waals surface area contributed by atoms with Gasteiger partial charge >= 0.3 is 197 Å². The molecule has 0 aliphatic carbocycles. The van der Waals surface area contributed by atoms with E-state index in [4.69, 9.17) is 10.3 Å². The molecule has 0 fully saturated rings. The number of hydrogen-bond acceptors (Lipinski definition) is 4. The molecule has 0 unspecified atom stereocenters. The van der Waals surface area contributed by atoms with E-state index in [-0.39, 0.29) is 5.97 Å². The van der Waals surface area contributed by atoms with Crippen LogP contribution in [0.4, 0.5) is 0 Å². The van der Waals surface area contributed by atoms with Crippen LogP contribution in [0.25, 0.3) is 0 Å². The van der Waals surface area contributed by atoms with Crippen LogP contribution in [0, 0.1) is 0 Å². The van der Waals surface area contributed by atoms with Crippen molar-refractivity contribution in [2.24, 2.45) is 5.73 Å². The van der Waals surface area contributed by atoms with Crippen molar-refractivity contribution in [3.63, 3.8) is 0 Å². The molecule has 0 aliphatic heterocycles. The Kier molecular flexibility index (Phi) is 8.53. The van der Waals surface area contributed by atoms with Crippen molar-refractivity contribution in [1.82, 2.24) is 0 Å². The van der Waals surface area contributed by atoms with Crippen molar-refractivity contribution in [3.8, 4) is 0 Å². The molecule has 3 nitrogen and oxygen atoms in total. The zero-order valence-corrected chi connectivity index (χ0v) is 20.7. The summed E-state index contributed by atoms with van der Waals surface area (Å²) in [4.78, 5) is 13.6. The van der Waals surface area contributed by atoms with Crippen molar-refractivity contribution in [3.05, 3.63) is 91.0 Å². The summed E-state index contributed by atoms with van der Waals surface area (Å²) in [6.45, 7) is -1.44. The first kappa shape index (κ1) is 24.5. The zero-order chi connectivity index (χ0) is 22.9. The quantitative estimate of drug-likeness (QED) is 0.410. The third-order valence-electron chi connectivity index (χ3n) is 6.07. The molecule has 0 saturated carbocycles. The van der Waals surface area contributed by atoms with E-state index in [0.29, 0.717) is 6.42 Å². The first-order valence-electron chi connectivity index (χ1n) is 11.2. The van der Waals surface area contributed by atoms with Gasteiger partial charge in [0, 0.05) is 0 Å². The first-order valence-corrected chi connectivity index (χ1v) is 15.0. The molecular weight excluding hydrogens is 433 g/mol. The van der Waals surface area contributed by atoms with Gasteiger partial charge in [-0.2, -0.15) is 0 Å². The van der Waals surface area contributed by atoms with Gasteiger partial charge in [-0.25, -0.2) is 0 Å². The molecule has 0 aliphatic rings. The van der Waals surface area contributed by atoms with Crippen molar-refractivity contribution < 1.29 is 9.32 Å². The van der Waals surface area contributed by atoms with Gasteiger partial charge in [-0.05, 0) is 0 Å². The number of thioether (sulfide) groups is 1. The molecule has 0 bridgehead atoms. The van der Waals surface area contributed by atoms with E-state index in [2.05, 4.69) is 43.3 Å². The molecule has 170 valence electrons. The van der Waals surface area contributed by atoms with Crippen molar-refractivity contribution in [2.45, 2.75) is 32.2 Å². The topological polar surface area (TPSA) is 52.3 Å². The number of carbonyl (C=O) groups is 1. The van der Waals surface area contributed by atoms with E-state index in [1.165, 1.54) is 0 Å². The van der Waals surface area contributed by atoms with Gasteiger partial charge in [0.25, 0.3) is 0 Å². The van der Waals surface area contributed by atoms with E-state index in [0.717, 1.165) is 40.7 Å². The third kappa shape index (κ3) is 4.64. The summed E-state index contributed by atoms with van der Waals surface area (Å²) < 4.78 is 6.90. The Morgan fingerprint density at radius 3 is 1.69 bits per heavy atom. The molecule has 3 aromatic carbocycles. The average molecular weight is 468 g/mol. The molecule has 0 radical (unpaired) electrons. The fraction of sp³-hybridized carbons (Fsp3) is 0.296. The van der Waals surface area contributed by atoms with Gasteiger partial charge in [0.2, 0.25) is 0 Å². The van der Waals surface area contributed by atoms with E-state index in [9.17, 15) is 4.79 Å². The van der Waals surface area contributed by atoms with Crippen LogP contribution in [0.2, 0.25) is 0 Å². The second kappa shape index (κ2) is 11.1. The van der Waals surface area contributed by atoms with Crippen LogP contribution in [0.1, 0.15) is 26.2 Å². The Labute approximate surface area is 196 Å². The van der Waals surface area contributed by atoms with Crippen LogP contribution in [0.3, 0.4) is 0 Å². The number of hydrogen-bond donors (Lipinski definition) is 1. The van der Waals surface area contributed by atoms with Gasteiger partial charge in [-0.15, -0.1) is 0 Å². The van der Waals surface area contributed by atoms with E-state index < -0.39 is 12.9 Å². The second-order valence-electron chi connectivity index (χ2n) is 8.09. The maximum atomic E-state index is 13.6. The molecule has 3 rings (SSSR count). The van der Waals surface area contributed by atoms with Crippen LogP contribution in [0.15, 0.2) is 91.0 Å². The van der Waals surface area contributed by atoms with Gasteiger partial charge in [-0.3, -0.25) is 0 Å². The third-order valence-corrected chi connectivity index (χ3v) is 12.6. The van der Waals surface area contributed by atoms with Crippen molar-refractivity contribution >= 4 is 40.5 Å². The van der Waals surface area contributed by atoms with Crippen molar-refractivity contribution in [1.29, 1.82) is 0 Å². The van der Waals surface area contributed by atoms with Gasteiger partial charge in [-0.1, -0.05) is 0 Å². The average Bonchev–Trinajstić information content (AvgIpc) is 2.86. The molecule has 0 saturated heterocycles. The van der Waals surface area contributed by atoms with Crippen LogP contribution in [-0.4, -0.2) is 30.2 Å². The summed E-state index contributed by atoms with van der Waals surface area (Å²) >= 11 is 1.69. The fourth-order valence-electron chi connectivity index (χ4n) is 4.36. The summed E-state index contributed by atoms with van der Waals surface area (Å²) in [7, 11) is 0. The molecule has 32 heavy (non-hydrogen) atoms. The SMILES string of the molecule is CCCCP(OC(=O)[C@@H](N)CCSC)(c1ccccc1)(c1ccccc1)c1ccccc1. The summed E-state index contributed by atoms with van der Waals surface area (Å²) in [5, 5.41) is 3.19. The number of unbranched alkanes of at least 4 members (excludes halogenated alkanes) is 1. The summed E-state index contributed by atoms with van der Waals surface area (Å²) in [5.74, 6) is 0.507. The fourth-order valence-corrected chi connectivity index (χ4v) is 10.8. The van der Waals surface area contributed by atoms with Gasteiger partial charge in [0.15, 0.2) is 0 Å². The van der Waals surface area contributed by atoms with Crippen LogP contribution < -0.4 is 21.6 Å². The van der Waals surface area contributed by atoms with E-state index >= 15 is 0 Å². The summed E-state index contributed by atoms with van der Waals surface area (Å²) in [6.07, 6.45) is 5.31. The Morgan fingerprint density at radius 2 is 1.31 bits per heavy atom. The van der Waals surface area contributed by atoms with Crippen molar-refractivity contribution in [2.75, 3.05) is 18.2 Å². The van der Waals surface area contributed by atoms with Gasteiger partial charge in [0.1, 0.15) is 0 Å². The number of rotatable bonds is 11. The molecule has 5 heteroatoms. The maximum absolute atomic E-state index is 13.6. The van der Waals surface area contributed by atoms with Gasteiger partial charge < -0.3 is 0 Å². The van der Waals surface area contributed by atoms with Crippen LogP contribution in [0.5, 0.6) is 0 Å². The Hall–Kier alpha value is -2.13. The molecule has 0 amide bonds.